The molecular weight excluding hydrogens is 729 g/mol. The molecule has 273 valence electrons. The van der Waals surface area contributed by atoms with Crippen molar-refractivity contribution in [3.8, 4) is 11.5 Å². The average Bonchev–Trinajstić information content (AvgIpc) is 3.57. The molecular formula is C43H45AsN3O6. The summed E-state index contributed by atoms with van der Waals surface area (Å²) < 4.78 is 12.1. The maximum absolute atomic E-state index is 14.2. The number of pyridine rings is 1. The van der Waals surface area contributed by atoms with Crippen molar-refractivity contribution in [3.63, 3.8) is 0 Å². The van der Waals surface area contributed by atoms with Gasteiger partial charge in [-0.1, -0.05) is 6.07 Å². The normalized spacial score (nSPS) is 22.6. The third kappa shape index (κ3) is 7.67. The van der Waals surface area contributed by atoms with Crippen LogP contribution < -0.4 is 15.6 Å². The molecule has 4 aliphatic rings. The Labute approximate surface area is 316 Å². The van der Waals surface area contributed by atoms with Gasteiger partial charge in [-0.05, 0) is 17.7 Å². The summed E-state index contributed by atoms with van der Waals surface area (Å²) in [4.78, 5) is 31.0. The number of carbonyl (C=O) groups excluding carboxylic acids is 1. The molecule has 0 saturated carbocycles. The second-order valence-corrected chi connectivity index (χ2v) is 17.5. The number of nitrogens with zero attached hydrogens (tertiary/aromatic N) is 1. The van der Waals surface area contributed by atoms with Gasteiger partial charge in [0.15, 0.2) is 0 Å². The first-order valence-electron chi connectivity index (χ1n) is 18.6. The number of aliphatic hydroxyl groups is 1. The molecule has 3 saturated heterocycles. The van der Waals surface area contributed by atoms with Crippen molar-refractivity contribution in [2.24, 2.45) is 5.92 Å². The van der Waals surface area contributed by atoms with Crippen LogP contribution in [0.4, 0.5) is 0 Å². The molecule has 0 spiro atoms. The molecule has 4 heterocycles. The minimum absolute atomic E-state index is 0.00646. The van der Waals surface area contributed by atoms with Gasteiger partial charge in [0.05, 0.1) is 11.6 Å². The van der Waals surface area contributed by atoms with E-state index in [1.165, 1.54) is 28.8 Å². The summed E-state index contributed by atoms with van der Waals surface area (Å²) in [5.74, 6) is 1.26. The molecule has 9 rings (SSSR count). The van der Waals surface area contributed by atoms with Crippen molar-refractivity contribution in [2.45, 2.75) is 60.5 Å². The van der Waals surface area contributed by atoms with Gasteiger partial charge in [-0.15, -0.1) is 0 Å². The number of phenols is 1. The first kappa shape index (κ1) is 35.6. The number of hydrogen-bond acceptors (Lipinski definition) is 8. The van der Waals surface area contributed by atoms with E-state index in [1.807, 2.05) is 36.4 Å². The molecule has 0 amide bonds. The number of aryl methyl sites for hydroxylation is 1. The van der Waals surface area contributed by atoms with Gasteiger partial charge in [0.2, 0.25) is 5.56 Å². The van der Waals surface area contributed by atoms with E-state index in [-0.39, 0.29) is 23.4 Å². The van der Waals surface area contributed by atoms with Crippen molar-refractivity contribution < 1.29 is 24.5 Å². The fourth-order valence-corrected chi connectivity index (χ4v) is 11.3. The van der Waals surface area contributed by atoms with Crippen LogP contribution in [0.1, 0.15) is 58.7 Å². The molecule has 5 aromatic rings. The molecule has 2 bridgehead atoms. The molecule has 1 unspecified atom stereocenters. The molecule has 3 atom stereocenters. The van der Waals surface area contributed by atoms with Crippen LogP contribution in [0, 0.1) is 5.92 Å². The topological polar surface area (TPSA) is 124 Å². The zero-order valence-electron chi connectivity index (χ0n) is 29.7. The first-order chi connectivity index (χ1) is 25.8. The number of fused-ring (bicyclic) bond motifs is 5. The number of hydrogen-bond donors (Lipinski definition) is 4. The number of aromatic hydroxyl groups is 1. The number of phenolic OH excluding ortho intramolecular Hbond substituents is 1. The van der Waals surface area contributed by atoms with Crippen LogP contribution in [0.25, 0.3) is 10.9 Å². The molecule has 3 aliphatic heterocycles. The summed E-state index contributed by atoms with van der Waals surface area (Å²) in [6.45, 7) is 4.42. The number of aliphatic hydroxyl groups excluding tert-OH is 1. The Morgan fingerprint density at radius 2 is 1.77 bits per heavy atom. The Balaban J connectivity index is 0.855. The summed E-state index contributed by atoms with van der Waals surface area (Å²) in [5, 5.41) is 25.8. The predicted molar refractivity (Wildman–Crippen MR) is 205 cm³/mol. The number of aromatic nitrogens is 1. The zero-order chi connectivity index (χ0) is 36.4. The van der Waals surface area contributed by atoms with E-state index in [0.29, 0.717) is 42.1 Å². The van der Waals surface area contributed by atoms with Crippen molar-refractivity contribution in [1.29, 1.82) is 0 Å². The standard InChI is InChI=1S/C43H45AsN3O6/c48-37-14-12-34(35-13-15-40(50)46-41(35)37)38(49)25-45-24-28-8-10-29(11-9-28)27-52-33-6-3-4-30(22-33)23-44-43(19-16-31-5-1-2-7-36(31)43)42(51)53-39-26-47-20-17-32(39)18-21-47/h1-15,22,32,38-39,45,48-49H,16-21,23-27H2,(H,46,50)/t38-,39-,43?/m0/s1. The summed E-state index contributed by atoms with van der Waals surface area (Å²) >= 11 is -0.411. The number of carbonyl (C=O) groups is 1. The number of ether oxygens (including phenoxy) is 2. The van der Waals surface area contributed by atoms with Crippen LogP contribution in [-0.2, 0) is 38.5 Å². The second-order valence-electron chi connectivity index (χ2n) is 14.6. The van der Waals surface area contributed by atoms with Crippen molar-refractivity contribution in [2.75, 3.05) is 26.2 Å². The van der Waals surface area contributed by atoms with Crippen molar-refractivity contribution in [3.05, 3.63) is 141 Å². The van der Waals surface area contributed by atoms with Gasteiger partial charge < -0.3 is 15.2 Å². The van der Waals surface area contributed by atoms with Gasteiger partial charge in [0.1, 0.15) is 5.75 Å². The van der Waals surface area contributed by atoms with Crippen LogP contribution in [-0.4, -0.2) is 74.1 Å². The van der Waals surface area contributed by atoms with E-state index in [2.05, 4.69) is 51.6 Å². The number of piperidine rings is 3. The number of H-pyrrole nitrogens is 1. The number of rotatable bonds is 13. The summed E-state index contributed by atoms with van der Waals surface area (Å²) in [5.41, 5.74) is 6.40. The second kappa shape index (κ2) is 15.5. The quantitative estimate of drug-likeness (QED) is 0.0938. The first-order valence-corrected chi connectivity index (χ1v) is 20.8. The van der Waals surface area contributed by atoms with E-state index in [0.717, 1.165) is 67.4 Å². The van der Waals surface area contributed by atoms with E-state index in [1.54, 1.807) is 12.1 Å². The fourth-order valence-electron chi connectivity index (χ4n) is 8.20. The van der Waals surface area contributed by atoms with Gasteiger partial charge in [-0.3, -0.25) is 4.79 Å². The molecule has 9 nitrogen and oxygen atoms in total. The van der Waals surface area contributed by atoms with Gasteiger partial charge in [0, 0.05) is 18.0 Å². The van der Waals surface area contributed by atoms with Crippen LogP contribution in [0.5, 0.6) is 11.5 Å². The molecule has 1 aliphatic carbocycles. The molecule has 10 heteroatoms. The third-order valence-electron chi connectivity index (χ3n) is 11.2. The van der Waals surface area contributed by atoms with Crippen molar-refractivity contribution in [1.82, 2.24) is 15.2 Å². The molecule has 3 fully saturated rings. The summed E-state index contributed by atoms with van der Waals surface area (Å²) in [7, 11) is 0. The van der Waals surface area contributed by atoms with Gasteiger partial charge in [0.25, 0.3) is 0 Å². The predicted octanol–water partition coefficient (Wildman–Crippen LogP) is 5.32. The molecule has 1 aromatic heterocycles. The number of aromatic amines is 1. The van der Waals surface area contributed by atoms with E-state index >= 15 is 0 Å². The molecule has 4 aromatic carbocycles. The average molecular weight is 775 g/mol. The number of nitrogens with one attached hydrogen (secondary N) is 2. The SMILES string of the molecule is O=C(O[C@H]1CN2CCC1CC2)C1([As]Cc2cccc(OCc3ccc(CNC[C@H](O)c4ccc(O)c5[nH]c(=O)ccc45)cc3)c2)CCc2ccccc21. The third-order valence-corrected chi connectivity index (χ3v) is 14.8. The van der Waals surface area contributed by atoms with E-state index < -0.39 is 26.1 Å². The van der Waals surface area contributed by atoms with Crippen LogP contribution >= 0.6 is 0 Å². The van der Waals surface area contributed by atoms with Gasteiger partial charge in [-0.25, -0.2) is 0 Å². The van der Waals surface area contributed by atoms with E-state index in [4.69, 9.17) is 9.47 Å². The Kier molecular flexibility index (Phi) is 10.4. The summed E-state index contributed by atoms with van der Waals surface area (Å²) in [6, 6.07) is 31.1. The minimum atomic E-state index is -0.822. The number of esters is 1. The van der Waals surface area contributed by atoms with Crippen LogP contribution in [0.2, 0.25) is 0 Å². The van der Waals surface area contributed by atoms with Crippen LogP contribution in [0.15, 0.2) is 102 Å². The maximum atomic E-state index is 14.2. The Morgan fingerprint density at radius 1 is 0.962 bits per heavy atom. The number of benzene rings is 4. The molecule has 53 heavy (non-hydrogen) atoms. The Morgan fingerprint density at radius 3 is 2.58 bits per heavy atom. The Bertz CT molecular complexity index is 2150. The van der Waals surface area contributed by atoms with Crippen molar-refractivity contribution >= 4 is 32.6 Å². The monoisotopic (exact) mass is 774 g/mol. The molecule has 4 N–H and O–H groups in total. The zero-order valence-corrected chi connectivity index (χ0v) is 31.5. The van der Waals surface area contributed by atoms with E-state index in [9.17, 15) is 19.8 Å². The fraction of sp³-hybridized carbons (Fsp3) is 0.349. The Hall–Kier alpha value is -4.40. The molecule has 1 radical (unpaired) electrons. The van der Waals surface area contributed by atoms with Gasteiger partial charge >= 0.3 is 232 Å². The van der Waals surface area contributed by atoms with Crippen LogP contribution in [0.3, 0.4) is 0 Å². The van der Waals surface area contributed by atoms with Gasteiger partial charge in [-0.2, -0.15) is 0 Å². The summed E-state index contributed by atoms with van der Waals surface area (Å²) in [6.07, 6.45) is 3.19.